The van der Waals surface area contributed by atoms with Crippen LogP contribution in [0.1, 0.15) is 42.2 Å². The van der Waals surface area contributed by atoms with Gasteiger partial charge >= 0.3 is 11.6 Å². The topological polar surface area (TPSA) is 69.7 Å². The van der Waals surface area contributed by atoms with Crippen molar-refractivity contribution in [2.45, 2.75) is 33.3 Å². The number of benzene rings is 1. The molecule has 0 fully saturated rings. The van der Waals surface area contributed by atoms with E-state index in [1.54, 1.807) is 12.1 Å². The van der Waals surface area contributed by atoms with Crippen molar-refractivity contribution in [3.05, 3.63) is 73.9 Å². The molecule has 0 radical (unpaired) electrons. The smallest absolute Gasteiger partial charge is 0.336 e. The van der Waals surface area contributed by atoms with Gasteiger partial charge in [0.15, 0.2) is 4.67 Å². The summed E-state index contributed by atoms with van der Waals surface area (Å²) in [6.45, 7) is 6.17. The first kappa shape index (κ1) is 19.2. The van der Waals surface area contributed by atoms with E-state index in [-0.39, 0.29) is 6.61 Å². The van der Waals surface area contributed by atoms with E-state index in [9.17, 15) is 9.59 Å². The molecule has 0 amide bonds. The predicted molar refractivity (Wildman–Crippen MR) is 107 cm³/mol. The summed E-state index contributed by atoms with van der Waals surface area (Å²) in [4.78, 5) is 23.8. The van der Waals surface area contributed by atoms with Crippen molar-refractivity contribution in [3.63, 3.8) is 0 Å². The highest BCUT2D eigenvalue weighted by Crippen LogP contribution is 2.27. The summed E-state index contributed by atoms with van der Waals surface area (Å²) in [5.41, 5.74) is 2.85. The lowest BCUT2D eigenvalue weighted by molar-refractivity contribution is -0.138. The highest BCUT2D eigenvalue weighted by Gasteiger charge is 2.12. The fourth-order valence-electron chi connectivity index (χ4n) is 2.90. The minimum Gasteiger partial charge on any atom is -0.458 e. The Hall–Kier alpha value is -2.60. The van der Waals surface area contributed by atoms with E-state index in [0.29, 0.717) is 27.5 Å². The molecule has 0 aliphatic heterocycles. The second kappa shape index (κ2) is 7.96. The van der Waals surface area contributed by atoms with E-state index >= 15 is 0 Å². The van der Waals surface area contributed by atoms with E-state index in [1.807, 2.05) is 19.1 Å². The van der Waals surface area contributed by atoms with Crippen molar-refractivity contribution >= 4 is 38.9 Å². The first-order valence-corrected chi connectivity index (χ1v) is 9.30. The first-order valence-electron chi connectivity index (χ1n) is 8.51. The number of carbonyl (C=O) groups excluding carboxylic acids is 1. The van der Waals surface area contributed by atoms with Crippen molar-refractivity contribution in [2.75, 3.05) is 0 Å². The fourth-order valence-corrected chi connectivity index (χ4v) is 3.22. The van der Waals surface area contributed by atoms with Crippen LogP contribution in [0.2, 0.25) is 0 Å². The SMILES string of the molecule is Cc1cc2oc(=O)cc(COC(=O)/C=C/c3ccc(Br)o3)c2cc1C(C)C. The minimum absolute atomic E-state index is 0.0201. The Balaban J connectivity index is 1.83. The van der Waals surface area contributed by atoms with E-state index in [2.05, 4.69) is 29.8 Å². The molecule has 3 rings (SSSR count). The number of fused-ring (bicyclic) bond motifs is 1. The van der Waals surface area contributed by atoms with Crippen LogP contribution in [0.4, 0.5) is 0 Å². The summed E-state index contributed by atoms with van der Waals surface area (Å²) < 4.78 is 16.5. The number of esters is 1. The summed E-state index contributed by atoms with van der Waals surface area (Å²) in [7, 11) is 0. The molecule has 6 heteroatoms. The van der Waals surface area contributed by atoms with Crippen LogP contribution < -0.4 is 5.63 Å². The molecular formula is C21H19BrO5. The molecular weight excluding hydrogens is 412 g/mol. The van der Waals surface area contributed by atoms with E-state index in [4.69, 9.17) is 13.6 Å². The van der Waals surface area contributed by atoms with Gasteiger partial charge in [-0.15, -0.1) is 0 Å². The van der Waals surface area contributed by atoms with Crippen molar-refractivity contribution < 1.29 is 18.4 Å². The van der Waals surface area contributed by atoms with Gasteiger partial charge in [0.25, 0.3) is 0 Å². The number of rotatable bonds is 5. The van der Waals surface area contributed by atoms with Crippen molar-refractivity contribution in [1.82, 2.24) is 0 Å². The predicted octanol–water partition coefficient (Wildman–Crippen LogP) is 5.34. The second-order valence-electron chi connectivity index (χ2n) is 6.53. The monoisotopic (exact) mass is 430 g/mol. The largest absolute Gasteiger partial charge is 0.458 e. The van der Waals surface area contributed by atoms with Crippen LogP contribution in [-0.4, -0.2) is 5.97 Å². The Morgan fingerprint density at radius 1 is 1.22 bits per heavy atom. The Bertz CT molecular complexity index is 1070. The van der Waals surface area contributed by atoms with Crippen molar-refractivity contribution in [2.24, 2.45) is 0 Å². The molecule has 0 aliphatic carbocycles. The number of aryl methyl sites for hydroxylation is 1. The summed E-state index contributed by atoms with van der Waals surface area (Å²) in [5, 5.41) is 0.774. The third-order valence-electron chi connectivity index (χ3n) is 4.19. The number of hydrogen-bond acceptors (Lipinski definition) is 5. The van der Waals surface area contributed by atoms with Crippen LogP contribution in [0.3, 0.4) is 0 Å². The lowest BCUT2D eigenvalue weighted by Gasteiger charge is -2.13. The summed E-state index contributed by atoms with van der Waals surface area (Å²) >= 11 is 3.20. The molecule has 140 valence electrons. The minimum atomic E-state index is -0.528. The van der Waals surface area contributed by atoms with Crippen LogP contribution in [0.25, 0.3) is 17.0 Å². The normalized spacial score (nSPS) is 11.6. The number of hydrogen-bond donors (Lipinski definition) is 0. The quantitative estimate of drug-likeness (QED) is 0.310. The van der Waals surface area contributed by atoms with Gasteiger partial charge < -0.3 is 13.6 Å². The molecule has 0 saturated carbocycles. The Morgan fingerprint density at radius 3 is 2.67 bits per heavy atom. The van der Waals surface area contributed by atoms with Gasteiger partial charge in [-0.25, -0.2) is 9.59 Å². The Labute approximate surface area is 164 Å². The maximum absolute atomic E-state index is 12.0. The Morgan fingerprint density at radius 2 is 2.00 bits per heavy atom. The van der Waals surface area contributed by atoms with Crippen LogP contribution in [0.5, 0.6) is 0 Å². The molecule has 0 aliphatic rings. The van der Waals surface area contributed by atoms with Crippen LogP contribution in [0, 0.1) is 6.92 Å². The molecule has 2 aromatic heterocycles. The molecule has 0 saturated heterocycles. The average molecular weight is 431 g/mol. The van der Waals surface area contributed by atoms with Crippen molar-refractivity contribution in [3.8, 4) is 0 Å². The molecule has 5 nitrogen and oxygen atoms in total. The second-order valence-corrected chi connectivity index (χ2v) is 7.31. The zero-order chi connectivity index (χ0) is 19.6. The highest BCUT2D eigenvalue weighted by atomic mass is 79.9. The van der Waals surface area contributed by atoms with Gasteiger partial charge in [0.05, 0.1) is 0 Å². The van der Waals surface area contributed by atoms with Crippen LogP contribution >= 0.6 is 15.9 Å². The lowest BCUT2D eigenvalue weighted by atomic mass is 9.95. The number of carbonyl (C=O) groups is 1. The maximum Gasteiger partial charge on any atom is 0.336 e. The number of ether oxygens (including phenoxy) is 1. The van der Waals surface area contributed by atoms with Gasteiger partial charge in [-0.05, 0) is 70.2 Å². The lowest BCUT2D eigenvalue weighted by Crippen LogP contribution is -2.06. The zero-order valence-electron chi connectivity index (χ0n) is 15.2. The number of furan rings is 1. The standard InChI is InChI=1S/C21H19BrO5/c1-12(2)16-10-17-14(9-21(24)27-18(17)8-13(16)3)11-25-20(23)7-5-15-4-6-19(22)26-15/h4-10,12H,11H2,1-3H3/b7-5+. The van der Waals surface area contributed by atoms with Gasteiger partial charge in [-0.3, -0.25) is 0 Å². The summed E-state index contributed by atoms with van der Waals surface area (Å²) in [6, 6.07) is 8.67. The van der Waals surface area contributed by atoms with Gasteiger partial charge in [0.2, 0.25) is 0 Å². The summed E-state index contributed by atoms with van der Waals surface area (Å²) in [5.74, 6) is 0.328. The summed E-state index contributed by atoms with van der Waals surface area (Å²) in [6.07, 6.45) is 2.80. The molecule has 3 aromatic rings. The molecule has 1 aromatic carbocycles. The maximum atomic E-state index is 12.0. The van der Waals surface area contributed by atoms with E-state index in [1.165, 1.54) is 18.2 Å². The zero-order valence-corrected chi connectivity index (χ0v) is 16.8. The van der Waals surface area contributed by atoms with Gasteiger partial charge in [-0.1, -0.05) is 13.8 Å². The third-order valence-corrected chi connectivity index (χ3v) is 4.61. The fraction of sp³-hybridized carbons (Fsp3) is 0.238. The molecule has 0 unspecified atom stereocenters. The van der Waals surface area contributed by atoms with Gasteiger partial charge in [0.1, 0.15) is 18.0 Å². The van der Waals surface area contributed by atoms with Gasteiger partial charge in [0, 0.05) is 23.1 Å². The van der Waals surface area contributed by atoms with Crippen LogP contribution in [-0.2, 0) is 16.1 Å². The molecule has 2 heterocycles. The molecule has 0 spiro atoms. The number of halogens is 1. The molecule has 0 atom stereocenters. The van der Waals surface area contributed by atoms with E-state index < -0.39 is 11.6 Å². The molecule has 27 heavy (non-hydrogen) atoms. The molecule has 0 N–H and O–H groups in total. The molecule has 0 bridgehead atoms. The Kier molecular flexibility index (Phi) is 5.65. The first-order chi connectivity index (χ1) is 12.8. The van der Waals surface area contributed by atoms with Gasteiger partial charge in [-0.2, -0.15) is 0 Å². The van der Waals surface area contributed by atoms with E-state index in [0.717, 1.165) is 16.5 Å². The van der Waals surface area contributed by atoms with Crippen molar-refractivity contribution in [1.29, 1.82) is 0 Å². The van der Waals surface area contributed by atoms with Crippen LogP contribution in [0.15, 0.2) is 54.7 Å². The third kappa shape index (κ3) is 4.57. The average Bonchev–Trinajstić information content (AvgIpc) is 3.02. The highest BCUT2D eigenvalue weighted by molar-refractivity contribution is 9.10.